The van der Waals surface area contributed by atoms with Crippen molar-refractivity contribution < 1.29 is 23.8 Å². The number of nitrogens with one attached hydrogen (secondary N) is 2. The summed E-state index contributed by atoms with van der Waals surface area (Å²) in [5, 5.41) is 5.93. The van der Waals surface area contributed by atoms with E-state index in [1.807, 2.05) is 24.3 Å². The molecule has 1 fully saturated rings. The summed E-state index contributed by atoms with van der Waals surface area (Å²) < 4.78 is 17.4. The SMILES string of the molecule is C[C@@H]1NC(=O)C2(CCCCc3ccccc3OCCNC1=O)CCN(Cc1ccc3c(c1)OCCO3)CC2. The van der Waals surface area contributed by atoms with Gasteiger partial charge in [0.2, 0.25) is 11.8 Å². The van der Waals surface area contributed by atoms with Gasteiger partial charge in [0, 0.05) is 6.54 Å². The summed E-state index contributed by atoms with van der Waals surface area (Å²) in [6, 6.07) is 13.7. The van der Waals surface area contributed by atoms with Crippen molar-refractivity contribution in [2.24, 2.45) is 5.41 Å². The lowest BCUT2D eigenvalue weighted by molar-refractivity contribution is -0.138. The standard InChI is InChI=1S/C30H39N3O5/c1-22-28(34)31-14-17-36-25-8-3-2-6-24(25)7-4-5-11-30(29(35)32-22)12-15-33(16-13-30)21-23-9-10-26-27(20-23)38-19-18-37-26/h2-3,6,8-10,20,22H,4-5,7,11-19,21H2,1H3,(H,31,34)(H,32,35)/t22-/m0/s1. The highest BCUT2D eigenvalue weighted by molar-refractivity contribution is 5.90. The Hall–Kier alpha value is -3.26. The van der Waals surface area contributed by atoms with Crippen molar-refractivity contribution in [3.63, 3.8) is 0 Å². The molecule has 2 aromatic rings. The fraction of sp³-hybridized carbons (Fsp3) is 0.533. The van der Waals surface area contributed by atoms with Crippen LogP contribution in [-0.2, 0) is 22.6 Å². The number of ether oxygens (including phenoxy) is 3. The van der Waals surface area contributed by atoms with Crippen LogP contribution in [0.25, 0.3) is 0 Å². The molecule has 3 heterocycles. The highest BCUT2D eigenvalue weighted by atomic mass is 16.6. The van der Waals surface area contributed by atoms with Crippen LogP contribution in [0.1, 0.15) is 50.2 Å². The lowest BCUT2D eigenvalue weighted by Gasteiger charge is -2.41. The van der Waals surface area contributed by atoms with Crippen LogP contribution in [0.5, 0.6) is 17.2 Å². The summed E-state index contributed by atoms with van der Waals surface area (Å²) in [6.07, 6.45) is 5.21. The normalized spacial score (nSPS) is 22.7. The van der Waals surface area contributed by atoms with Gasteiger partial charge in [0.25, 0.3) is 0 Å². The second kappa shape index (κ2) is 12.1. The summed E-state index contributed by atoms with van der Waals surface area (Å²) in [5.74, 6) is 2.31. The van der Waals surface area contributed by atoms with E-state index >= 15 is 0 Å². The third-order valence-corrected chi connectivity index (χ3v) is 8.03. The molecule has 1 atom stereocenters. The van der Waals surface area contributed by atoms with Gasteiger partial charge < -0.3 is 24.8 Å². The van der Waals surface area contributed by atoms with Crippen LogP contribution in [-0.4, -0.2) is 62.2 Å². The number of fused-ring (bicyclic) bond motifs is 2. The van der Waals surface area contributed by atoms with Gasteiger partial charge in [-0.15, -0.1) is 0 Å². The molecule has 204 valence electrons. The van der Waals surface area contributed by atoms with Gasteiger partial charge in [-0.2, -0.15) is 0 Å². The third-order valence-electron chi connectivity index (χ3n) is 8.03. The molecule has 0 unspecified atom stereocenters. The molecular formula is C30H39N3O5. The second-order valence-electron chi connectivity index (χ2n) is 10.7. The largest absolute Gasteiger partial charge is 0.491 e. The molecule has 5 rings (SSSR count). The van der Waals surface area contributed by atoms with E-state index < -0.39 is 11.5 Å². The average molecular weight is 522 g/mol. The molecule has 2 aromatic carbocycles. The highest BCUT2D eigenvalue weighted by Crippen LogP contribution is 2.39. The number of likely N-dealkylation sites (tertiary alicyclic amines) is 1. The van der Waals surface area contributed by atoms with Crippen LogP contribution < -0.4 is 24.8 Å². The van der Waals surface area contributed by atoms with Crippen molar-refractivity contribution in [1.29, 1.82) is 0 Å². The van der Waals surface area contributed by atoms with Crippen molar-refractivity contribution >= 4 is 11.8 Å². The Morgan fingerprint density at radius 3 is 2.50 bits per heavy atom. The molecule has 38 heavy (non-hydrogen) atoms. The number of amides is 2. The molecule has 3 aliphatic rings. The van der Waals surface area contributed by atoms with Gasteiger partial charge in [-0.1, -0.05) is 30.7 Å². The number of carbonyl (C=O) groups is 2. The minimum atomic E-state index is -0.590. The van der Waals surface area contributed by atoms with Gasteiger partial charge in [-0.05, 0) is 81.4 Å². The summed E-state index contributed by atoms with van der Waals surface area (Å²) in [5.41, 5.74) is 1.89. The maximum absolute atomic E-state index is 13.6. The number of rotatable bonds is 2. The molecule has 1 spiro atoms. The van der Waals surface area contributed by atoms with Crippen LogP contribution in [0, 0.1) is 5.41 Å². The van der Waals surface area contributed by atoms with Crippen LogP contribution in [0.2, 0.25) is 0 Å². The lowest BCUT2D eigenvalue weighted by atomic mass is 9.73. The number of benzene rings is 2. The predicted molar refractivity (Wildman–Crippen MR) is 144 cm³/mol. The third kappa shape index (κ3) is 6.23. The predicted octanol–water partition coefficient (Wildman–Crippen LogP) is 3.47. The molecule has 0 radical (unpaired) electrons. The molecule has 8 heteroatoms. The van der Waals surface area contributed by atoms with Crippen molar-refractivity contribution in [1.82, 2.24) is 15.5 Å². The summed E-state index contributed by atoms with van der Waals surface area (Å²) in [7, 11) is 0. The zero-order chi connectivity index (χ0) is 26.4. The topological polar surface area (TPSA) is 89.1 Å². The molecule has 0 aliphatic carbocycles. The maximum atomic E-state index is 13.6. The minimum Gasteiger partial charge on any atom is -0.491 e. The van der Waals surface area contributed by atoms with Crippen molar-refractivity contribution in [2.45, 2.75) is 58.0 Å². The summed E-state index contributed by atoms with van der Waals surface area (Å²) in [6.45, 7) is 6.18. The van der Waals surface area contributed by atoms with Crippen LogP contribution in [0.15, 0.2) is 42.5 Å². The molecule has 1 saturated heterocycles. The molecule has 3 aliphatic heterocycles. The molecule has 0 saturated carbocycles. The van der Waals surface area contributed by atoms with Gasteiger partial charge in [-0.3, -0.25) is 14.5 Å². The number of para-hydroxylation sites is 1. The first kappa shape index (κ1) is 26.4. The van der Waals surface area contributed by atoms with Crippen molar-refractivity contribution in [2.75, 3.05) is 39.5 Å². The molecule has 2 amide bonds. The Bertz CT molecular complexity index is 1130. The zero-order valence-corrected chi connectivity index (χ0v) is 22.3. The Balaban J connectivity index is 1.26. The number of hydrogen-bond acceptors (Lipinski definition) is 6. The zero-order valence-electron chi connectivity index (χ0n) is 22.3. The van der Waals surface area contributed by atoms with E-state index in [0.717, 1.165) is 75.4 Å². The van der Waals surface area contributed by atoms with E-state index in [2.05, 4.69) is 33.7 Å². The van der Waals surface area contributed by atoms with E-state index in [1.165, 1.54) is 11.1 Å². The first-order chi connectivity index (χ1) is 18.5. The number of aryl methyl sites for hydroxylation is 1. The molecule has 0 bridgehead atoms. The molecule has 8 nitrogen and oxygen atoms in total. The van der Waals surface area contributed by atoms with Crippen LogP contribution >= 0.6 is 0 Å². The Kier molecular flexibility index (Phi) is 8.37. The van der Waals surface area contributed by atoms with Crippen molar-refractivity contribution in [3.05, 3.63) is 53.6 Å². The average Bonchev–Trinajstić information content (AvgIpc) is 2.94. The Labute approximate surface area is 225 Å². The number of piperidine rings is 1. The quantitative estimate of drug-likeness (QED) is 0.629. The van der Waals surface area contributed by atoms with E-state index in [0.29, 0.717) is 26.4 Å². The van der Waals surface area contributed by atoms with E-state index in [-0.39, 0.29) is 11.8 Å². The highest BCUT2D eigenvalue weighted by Gasteiger charge is 2.41. The van der Waals surface area contributed by atoms with Gasteiger partial charge in [0.1, 0.15) is 31.6 Å². The fourth-order valence-electron chi connectivity index (χ4n) is 5.71. The van der Waals surface area contributed by atoms with Crippen LogP contribution in [0.4, 0.5) is 0 Å². The van der Waals surface area contributed by atoms with Crippen molar-refractivity contribution in [3.8, 4) is 17.2 Å². The van der Waals surface area contributed by atoms with Gasteiger partial charge >= 0.3 is 0 Å². The maximum Gasteiger partial charge on any atom is 0.242 e. The fourth-order valence-corrected chi connectivity index (χ4v) is 5.71. The van der Waals surface area contributed by atoms with Gasteiger partial charge in [0.15, 0.2) is 11.5 Å². The smallest absolute Gasteiger partial charge is 0.242 e. The summed E-state index contributed by atoms with van der Waals surface area (Å²) in [4.78, 5) is 28.7. The van der Waals surface area contributed by atoms with Crippen LogP contribution in [0.3, 0.4) is 0 Å². The van der Waals surface area contributed by atoms with E-state index in [4.69, 9.17) is 14.2 Å². The van der Waals surface area contributed by atoms with E-state index in [1.54, 1.807) is 6.92 Å². The first-order valence-corrected chi connectivity index (χ1v) is 13.9. The number of nitrogens with zero attached hydrogens (tertiary/aromatic N) is 1. The Morgan fingerprint density at radius 2 is 1.66 bits per heavy atom. The monoisotopic (exact) mass is 521 g/mol. The van der Waals surface area contributed by atoms with Gasteiger partial charge in [0.05, 0.1) is 12.0 Å². The van der Waals surface area contributed by atoms with Gasteiger partial charge in [-0.25, -0.2) is 0 Å². The summed E-state index contributed by atoms with van der Waals surface area (Å²) >= 11 is 0. The molecule has 2 N–H and O–H groups in total. The number of hydrogen-bond donors (Lipinski definition) is 2. The second-order valence-corrected chi connectivity index (χ2v) is 10.7. The first-order valence-electron chi connectivity index (χ1n) is 13.9. The molecular weight excluding hydrogens is 482 g/mol. The molecule has 0 aromatic heterocycles. The minimum absolute atomic E-state index is 0.00523. The van der Waals surface area contributed by atoms with E-state index in [9.17, 15) is 9.59 Å². The number of carbonyl (C=O) groups excluding carboxylic acids is 2. The Morgan fingerprint density at radius 1 is 0.895 bits per heavy atom. The lowest BCUT2D eigenvalue weighted by Crippen LogP contribution is -2.53.